The second-order valence-electron chi connectivity index (χ2n) is 5.78. The van der Waals surface area contributed by atoms with Crippen LogP contribution in [-0.4, -0.2) is 31.6 Å². The second kappa shape index (κ2) is 7.01. The monoisotopic (exact) mass is 361 g/mol. The van der Waals surface area contributed by atoms with E-state index in [1.165, 1.54) is 27.4 Å². The van der Waals surface area contributed by atoms with Crippen LogP contribution in [0.5, 0.6) is 0 Å². The van der Waals surface area contributed by atoms with E-state index in [1.807, 2.05) is 19.1 Å². The number of thiophene rings is 1. The van der Waals surface area contributed by atoms with E-state index in [-0.39, 0.29) is 10.7 Å². The number of aryl methyl sites for hydroxylation is 1. The third kappa shape index (κ3) is 3.66. The molecule has 0 aliphatic carbocycles. The van der Waals surface area contributed by atoms with Gasteiger partial charge < -0.3 is 0 Å². The van der Waals surface area contributed by atoms with Crippen molar-refractivity contribution in [1.82, 2.24) is 4.31 Å². The Labute approximate surface area is 146 Å². The number of allylic oxidation sites excluding steroid dienone is 1. The minimum Gasteiger partial charge on any atom is -0.289 e. The molecule has 3 rings (SSSR count). The summed E-state index contributed by atoms with van der Waals surface area (Å²) in [4.78, 5) is 14.7. The first-order chi connectivity index (χ1) is 11.5. The first-order valence-electron chi connectivity index (χ1n) is 7.86. The normalized spacial score (nSPS) is 16.0. The number of sulfonamides is 1. The van der Waals surface area contributed by atoms with Crippen LogP contribution >= 0.6 is 11.3 Å². The van der Waals surface area contributed by atoms with E-state index in [0.29, 0.717) is 18.7 Å². The van der Waals surface area contributed by atoms with Crippen LogP contribution < -0.4 is 0 Å². The van der Waals surface area contributed by atoms with E-state index in [2.05, 4.69) is 0 Å². The molecule has 0 bridgehead atoms. The van der Waals surface area contributed by atoms with E-state index in [1.54, 1.807) is 29.5 Å². The summed E-state index contributed by atoms with van der Waals surface area (Å²) in [5.74, 6) is -0.133. The van der Waals surface area contributed by atoms with Crippen LogP contribution in [0.4, 0.5) is 0 Å². The molecule has 0 atom stereocenters. The van der Waals surface area contributed by atoms with Crippen molar-refractivity contribution in [2.45, 2.75) is 24.7 Å². The predicted molar refractivity (Wildman–Crippen MR) is 96.9 cm³/mol. The highest BCUT2D eigenvalue weighted by molar-refractivity contribution is 7.89. The van der Waals surface area contributed by atoms with Crippen molar-refractivity contribution in [3.8, 4) is 0 Å². The molecule has 2 aromatic rings. The minimum atomic E-state index is -3.43. The molecule has 126 valence electrons. The highest BCUT2D eigenvalue weighted by atomic mass is 32.2. The lowest BCUT2D eigenvalue weighted by Crippen LogP contribution is -2.27. The summed E-state index contributed by atoms with van der Waals surface area (Å²) >= 11 is 1.62. The largest absolute Gasteiger partial charge is 0.289 e. The van der Waals surface area contributed by atoms with Gasteiger partial charge in [-0.15, -0.1) is 11.3 Å². The summed E-state index contributed by atoms with van der Waals surface area (Å²) in [6.07, 6.45) is 5.12. The Bertz CT molecular complexity index is 858. The quantitative estimate of drug-likeness (QED) is 0.602. The average molecular weight is 361 g/mol. The maximum atomic E-state index is 12.5. The lowest BCUT2D eigenvalue weighted by atomic mass is 10.1. The highest BCUT2D eigenvalue weighted by Gasteiger charge is 2.26. The fraction of sp³-hybridized carbons (Fsp3) is 0.278. The zero-order valence-electron chi connectivity index (χ0n) is 13.4. The number of hydrogen-bond acceptors (Lipinski definition) is 4. The van der Waals surface area contributed by atoms with Crippen LogP contribution in [0.3, 0.4) is 0 Å². The summed E-state index contributed by atoms with van der Waals surface area (Å²) < 4.78 is 26.4. The molecular weight excluding hydrogens is 342 g/mol. The Hall–Kier alpha value is -1.76. The van der Waals surface area contributed by atoms with Crippen molar-refractivity contribution in [1.29, 1.82) is 0 Å². The summed E-state index contributed by atoms with van der Waals surface area (Å²) in [5.41, 5.74) is 0.486. The van der Waals surface area contributed by atoms with E-state index in [4.69, 9.17) is 0 Å². The third-order valence-electron chi connectivity index (χ3n) is 4.00. The molecule has 0 N–H and O–H groups in total. The maximum Gasteiger partial charge on any atom is 0.243 e. The molecule has 1 saturated heterocycles. The first kappa shape index (κ1) is 17.1. The van der Waals surface area contributed by atoms with Gasteiger partial charge in [0.15, 0.2) is 5.78 Å². The van der Waals surface area contributed by atoms with Crippen molar-refractivity contribution < 1.29 is 13.2 Å². The van der Waals surface area contributed by atoms with Crippen molar-refractivity contribution in [3.05, 3.63) is 57.8 Å². The highest BCUT2D eigenvalue weighted by Crippen LogP contribution is 2.21. The predicted octanol–water partition coefficient (Wildman–Crippen LogP) is 3.74. The number of rotatable bonds is 5. The summed E-state index contributed by atoms with van der Waals surface area (Å²) in [6.45, 7) is 3.17. The Balaban J connectivity index is 1.74. The van der Waals surface area contributed by atoms with Crippen molar-refractivity contribution in [3.63, 3.8) is 0 Å². The van der Waals surface area contributed by atoms with Crippen LogP contribution in [-0.2, 0) is 10.0 Å². The lowest BCUT2D eigenvalue weighted by molar-refractivity contribution is 0.104. The molecule has 6 heteroatoms. The van der Waals surface area contributed by atoms with Gasteiger partial charge in [0, 0.05) is 28.4 Å². The summed E-state index contributed by atoms with van der Waals surface area (Å²) in [7, 11) is -3.43. The Morgan fingerprint density at radius 2 is 1.75 bits per heavy atom. The van der Waals surface area contributed by atoms with Gasteiger partial charge in [-0.2, -0.15) is 4.31 Å². The topological polar surface area (TPSA) is 54.5 Å². The molecule has 1 aromatic heterocycles. The number of ketones is 1. The van der Waals surface area contributed by atoms with Gasteiger partial charge in [-0.1, -0.05) is 0 Å². The molecule has 0 spiro atoms. The zero-order valence-corrected chi connectivity index (χ0v) is 15.1. The van der Waals surface area contributed by atoms with Crippen LogP contribution in [0.25, 0.3) is 6.08 Å². The number of hydrogen-bond donors (Lipinski definition) is 0. The van der Waals surface area contributed by atoms with Crippen LogP contribution in [0.2, 0.25) is 0 Å². The van der Waals surface area contributed by atoms with Gasteiger partial charge in [-0.25, -0.2) is 8.42 Å². The Kier molecular flexibility index (Phi) is 4.99. The number of nitrogens with zero attached hydrogens (tertiary/aromatic N) is 1. The summed E-state index contributed by atoms with van der Waals surface area (Å²) in [5, 5.41) is 0. The molecule has 4 nitrogen and oxygen atoms in total. The molecule has 1 aliphatic heterocycles. The summed E-state index contributed by atoms with van der Waals surface area (Å²) in [6, 6.07) is 10.2. The lowest BCUT2D eigenvalue weighted by Gasteiger charge is -2.15. The van der Waals surface area contributed by atoms with Crippen LogP contribution in [0, 0.1) is 6.92 Å². The molecule has 0 radical (unpaired) electrons. The van der Waals surface area contributed by atoms with Gasteiger partial charge in [0.05, 0.1) is 4.90 Å². The van der Waals surface area contributed by atoms with Gasteiger partial charge in [-0.05, 0) is 68.3 Å². The van der Waals surface area contributed by atoms with Crippen LogP contribution in [0.1, 0.15) is 33.0 Å². The van der Waals surface area contributed by atoms with E-state index in [9.17, 15) is 13.2 Å². The minimum absolute atomic E-state index is 0.133. The molecular formula is C18H19NO3S2. The van der Waals surface area contributed by atoms with Crippen molar-refractivity contribution in [2.75, 3.05) is 13.1 Å². The van der Waals surface area contributed by atoms with Crippen molar-refractivity contribution in [2.24, 2.45) is 0 Å². The maximum absolute atomic E-state index is 12.5. The first-order valence-corrected chi connectivity index (χ1v) is 10.1. The molecule has 1 aliphatic rings. The zero-order chi connectivity index (χ0) is 17.2. The molecule has 1 fully saturated rings. The average Bonchev–Trinajstić information content (AvgIpc) is 3.24. The smallest absolute Gasteiger partial charge is 0.243 e. The third-order valence-corrected chi connectivity index (χ3v) is 6.88. The van der Waals surface area contributed by atoms with Gasteiger partial charge in [0.2, 0.25) is 10.0 Å². The van der Waals surface area contributed by atoms with Gasteiger partial charge in [0.25, 0.3) is 0 Å². The molecule has 0 unspecified atom stereocenters. The van der Waals surface area contributed by atoms with E-state index in [0.717, 1.165) is 17.7 Å². The number of carbonyl (C=O) groups is 1. The van der Waals surface area contributed by atoms with Gasteiger partial charge >= 0.3 is 0 Å². The van der Waals surface area contributed by atoms with Gasteiger partial charge in [0.1, 0.15) is 0 Å². The standard InChI is InChI=1S/C18H19NO3S2/c1-14-4-7-16(23-14)8-11-18(20)15-5-9-17(10-6-15)24(21,22)19-12-2-3-13-19/h4-11H,2-3,12-13H2,1H3/b11-8+. The number of benzene rings is 1. The Morgan fingerprint density at radius 3 is 2.33 bits per heavy atom. The SMILES string of the molecule is Cc1ccc(/C=C/C(=O)c2ccc(S(=O)(=O)N3CCCC3)cc2)s1. The van der Waals surface area contributed by atoms with E-state index < -0.39 is 10.0 Å². The second-order valence-corrected chi connectivity index (χ2v) is 9.04. The fourth-order valence-corrected chi connectivity index (χ4v) is 4.96. The fourth-order valence-electron chi connectivity index (χ4n) is 2.67. The Morgan fingerprint density at radius 1 is 1.08 bits per heavy atom. The van der Waals surface area contributed by atoms with Crippen molar-refractivity contribution >= 4 is 33.2 Å². The van der Waals surface area contributed by atoms with Gasteiger partial charge in [-0.3, -0.25) is 4.79 Å². The molecule has 24 heavy (non-hydrogen) atoms. The van der Waals surface area contributed by atoms with Crippen LogP contribution in [0.15, 0.2) is 47.4 Å². The number of carbonyl (C=O) groups excluding carboxylic acids is 1. The van der Waals surface area contributed by atoms with E-state index >= 15 is 0 Å². The molecule has 0 amide bonds. The molecule has 1 aromatic carbocycles. The molecule has 2 heterocycles. The molecule has 0 saturated carbocycles.